The number of aryl methyl sites for hydroxylation is 5. The lowest BCUT2D eigenvalue weighted by molar-refractivity contribution is 0.772. The predicted octanol–water partition coefficient (Wildman–Crippen LogP) is 12.9. The lowest BCUT2D eigenvalue weighted by Crippen LogP contribution is -2.26. The molecule has 4 aromatic carbocycles. The lowest BCUT2D eigenvalue weighted by atomic mass is 10.1. The largest absolute Gasteiger partial charge is 0.368 e. The summed E-state index contributed by atoms with van der Waals surface area (Å²) in [6, 6.07) is 33.2. The highest BCUT2D eigenvalue weighted by Crippen LogP contribution is 2.35. The van der Waals surface area contributed by atoms with Gasteiger partial charge in [-0.1, -0.05) is 83.9 Å². The van der Waals surface area contributed by atoms with Gasteiger partial charge in [0.15, 0.2) is 0 Å². The van der Waals surface area contributed by atoms with Crippen LogP contribution in [0.1, 0.15) is 63.5 Å². The molecule has 10 rings (SSSR count). The number of aromatic nitrogens is 8. The molecule has 6 N–H and O–H groups in total. The first-order chi connectivity index (χ1) is 34.5. The van der Waals surface area contributed by atoms with Crippen LogP contribution in [0.25, 0.3) is 43.5 Å². The number of nitrogen functional groups attached to an aromatic ring is 2. The first kappa shape index (κ1) is 51.3. The summed E-state index contributed by atoms with van der Waals surface area (Å²) in [5, 5.41) is 12.1. The van der Waals surface area contributed by atoms with Gasteiger partial charge in [0.1, 0.15) is 16.6 Å². The van der Waals surface area contributed by atoms with Gasteiger partial charge in [0, 0.05) is 44.9 Å². The topological polar surface area (TPSA) is 197 Å². The third-order valence-corrected chi connectivity index (χ3v) is 14.9. The second-order valence-electron chi connectivity index (χ2n) is 16.7. The molecular weight excluding hydrogens is 1050 g/mol. The van der Waals surface area contributed by atoms with E-state index in [9.17, 15) is 9.59 Å². The number of nitrogens with two attached hydrogens (primary N) is 2. The van der Waals surface area contributed by atoms with Crippen LogP contribution in [-0.2, 0) is 0 Å². The van der Waals surface area contributed by atoms with E-state index >= 15 is 0 Å². The summed E-state index contributed by atoms with van der Waals surface area (Å²) >= 11 is 19.6. The van der Waals surface area contributed by atoms with Gasteiger partial charge in [-0.3, -0.25) is 18.7 Å². The quantitative estimate of drug-likeness (QED) is 0.107. The SMILES string of the molecule is C[C@H](Nc1nc(N)ncc1Br)c1cc2cccc(Cl)c2c(=O)n1-c1ccccc1.Cc1nc(-c2cnc(N)nc2N[C@@H](C)c2cc3cccc(Cl)c3c(=O)n2-c2ccccc2)sc1C.Cc1nc(C)c(C)s1. The molecule has 0 aliphatic heterocycles. The molecule has 0 saturated carbocycles. The molecule has 0 bridgehead atoms. The molecule has 14 nitrogen and oxygen atoms in total. The van der Waals surface area contributed by atoms with E-state index in [0.717, 1.165) is 54.7 Å². The van der Waals surface area contributed by atoms with Gasteiger partial charge in [-0.25, -0.2) is 19.9 Å². The van der Waals surface area contributed by atoms with E-state index in [0.29, 0.717) is 36.9 Å². The van der Waals surface area contributed by atoms with Crippen LogP contribution in [0.4, 0.5) is 23.5 Å². The Morgan fingerprint density at radius 2 is 1.04 bits per heavy atom. The molecule has 0 aliphatic rings. The number of fused-ring (bicyclic) bond motifs is 2. The minimum Gasteiger partial charge on any atom is -0.368 e. The summed E-state index contributed by atoms with van der Waals surface area (Å²) in [4.78, 5) is 55.4. The molecule has 0 aliphatic carbocycles. The van der Waals surface area contributed by atoms with E-state index in [1.54, 1.807) is 56.3 Å². The number of pyridine rings is 2. The van der Waals surface area contributed by atoms with E-state index in [4.69, 9.17) is 34.7 Å². The minimum atomic E-state index is -0.318. The Morgan fingerprint density at radius 1 is 0.583 bits per heavy atom. The van der Waals surface area contributed by atoms with E-state index in [2.05, 4.69) is 63.4 Å². The molecule has 0 spiro atoms. The van der Waals surface area contributed by atoms with Crippen molar-refractivity contribution in [2.24, 2.45) is 0 Å². The molecule has 0 radical (unpaired) electrons. The highest BCUT2D eigenvalue weighted by Gasteiger charge is 2.22. The van der Waals surface area contributed by atoms with Crippen LogP contribution >= 0.6 is 61.8 Å². The number of thiazole rings is 2. The van der Waals surface area contributed by atoms with Gasteiger partial charge in [-0.2, -0.15) is 9.97 Å². The summed E-state index contributed by atoms with van der Waals surface area (Å²) in [5.41, 5.74) is 17.2. The zero-order valence-electron chi connectivity index (χ0n) is 40.2. The zero-order valence-corrected chi connectivity index (χ0v) is 44.9. The first-order valence-electron chi connectivity index (χ1n) is 22.6. The van der Waals surface area contributed by atoms with Crippen LogP contribution in [-0.4, -0.2) is 39.0 Å². The van der Waals surface area contributed by atoms with Crippen LogP contribution in [0.2, 0.25) is 10.0 Å². The van der Waals surface area contributed by atoms with Crippen LogP contribution in [0.5, 0.6) is 0 Å². The summed E-state index contributed by atoms with van der Waals surface area (Å²) < 4.78 is 4.04. The maximum Gasteiger partial charge on any atom is 0.264 e. The lowest BCUT2D eigenvalue weighted by Gasteiger charge is -2.22. The fraction of sp³-hybridized carbons (Fsp3) is 0.170. The molecule has 6 heterocycles. The number of rotatable bonds is 9. The number of nitrogens with one attached hydrogen (secondary N) is 2. The molecule has 0 saturated heterocycles. The normalized spacial score (nSPS) is 11.9. The maximum atomic E-state index is 13.7. The Morgan fingerprint density at radius 3 is 1.49 bits per heavy atom. The standard InChI is InChI=1S/C26H23ClN6OS.C21H17BrClN5O.C6H9NS/c1-14-16(3)35-24(31-14)19-13-29-26(28)32-23(19)30-15(2)21-12-17-8-7-11-20(27)22(17)25(34)33(21)18-9-5-4-6-10-18;1-12(26-19-15(22)11-25-21(24)27-19)17-10-13-6-5-9-16(23)18(13)20(29)28(17)14-7-3-2-4-8-14;1-4-5(2)8-6(3)7-4/h4-13,15H,1-3H3,(H3,28,29,30,32);2-12H,1H3,(H3,24,25,26,27);1-3H3/t15-;12-;/m00./s1. The van der Waals surface area contributed by atoms with E-state index < -0.39 is 0 Å². The van der Waals surface area contributed by atoms with Crippen molar-refractivity contribution in [3.8, 4) is 21.9 Å². The highest BCUT2D eigenvalue weighted by molar-refractivity contribution is 9.10. The number of hydrogen-bond donors (Lipinski definition) is 4. The van der Waals surface area contributed by atoms with Crippen molar-refractivity contribution in [2.75, 3.05) is 22.1 Å². The smallest absolute Gasteiger partial charge is 0.264 e. The van der Waals surface area contributed by atoms with Crippen LogP contribution < -0.4 is 33.2 Å². The minimum absolute atomic E-state index is 0.152. The van der Waals surface area contributed by atoms with Crippen molar-refractivity contribution in [3.05, 3.63) is 194 Å². The average Bonchev–Trinajstić information content (AvgIpc) is 3.85. The Kier molecular flexibility index (Phi) is 15.8. The van der Waals surface area contributed by atoms with Crippen molar-refractivity contribution in [2.45, 2.75) is 60.5 Å². The third kappa shape index (κ3) is 11.2. The number of hydrogen-bond acceptors (Lipinski definition) is 14. The van der Waals surface area contributed by atoms with Crippen molar-refractivity contribution in [3.63, 3.8) is 0 Å². The average molecular weight is 1100 g/mol. The van der Waals surface area contributed by atoms with Gasteiger partial charge in [0.2, 0.25) is 11.9 Å². The van der Waals surface area contributed by atoms with E-state index in [-0.39, 0.29) is 35.1 Å². The molecule has 2 atom stereocenters. The van der Waals surface area contributed by atoms with Crippen LogP contribution in [0.3, 0.4) is 0 Å². The number of halogens is 3. The van der Waals surface area contributed by atoms with Gasteiger partial charge < -0.3 is 22.1 Å². The third-order valence-electron chi connectivity index (χ3n) is 11.6. The molecule has 19 heteroatoms. The van der Waals surface area contributed by atoms with Crippen molar-refractivity contribution in [1.82, 2.24) is 39.0 Å². The van der Waals surface area contributed by atoms with Gasteiger partial charge >= 0.3 is 0 Å². The summed E-state index contributed by atoms with van der Waals surface area (Å²) in [5.74, 6) is 1.41. The number of benzene rings is 4. The summed E-state index contributed by atoms with van der Waals surface area (Å²) in [7, 11) is 0. The molecule has 10 aromatic rings. The fourth-order valence-corrected chi connectivity index (χ4v) is 10.5. The molecule has 0 unspecified atom stereocenters. The second-order valence-corrected chi connectivity index (χ2v) is 21.0. The van der Waals surface area contributed by atoms with Gasteiger partial charge in [0.05, 0.1) is 59.3 Å². The Hall–Kier alpha value is -7.02. The number of para-hydroxylation sites is 2. The molecule has 72 heavy (non-hydrogen) atoms. The predicted molar refractivity (Wildman–Crippen MR) is 301 cm³/mol. The number of nitrogens with zero attached hydrogens (tertiary/aromatic N) is 8. The fourth-order valence-electron chi connectivity index (χ4n) is 7.93. The first-order valence-corrected chi connectivity index (χ1v) is 25.7. The summed E-state index contributed by atoms with van der Waals surface area (Å²) in [6.45, 7) is 14.1. The van der Waals surface area contributed by atoms with Crippen LogP contribution in [0, 0.1) is 34.6 Å². The number of anilines is 4. The van der Waals surface area contributed by atoms with E-state index in [1.807, 2.05) is 139 Å². The van der Waals surface area contributed by atoms with Crippen molar-refractivity contribution < 1.29 is 0 Å². The Bertz CT molecular complexity index is 3680. The van der Waals surface area contributed by atoms with E-state index in [1.165, 1.54) is 15.6 Å². The van der Waals surface area contributed by atoms with Crippen LogP contribution in [0.15, 0.2) is 136 Å². The van der Waals surface area contributed by atoms with Gasteiger partial charge in [-0.05, 0) is 124 Å². The molecular formula is C53H49BrCl2N12O2S2. The monoisotopic (exact) mass is 1100 g/mol. The summed E-state index contributed by atoms with van der Waals surface area (Å²) in [6.07, 6.45) is 3.27. The van der Waals surface area contributed by atoms with Gasteiger partial charge in [0.25, 0.3) is 11.1 Å². The zero-order chi connectivity index (χ0) is 51.4. The highest BCUT2D eigenvalue weighted by atomic mass is 79.9. The molecule has 366 valence electrons. The maximum absolute atomic E-state index is 13.7. The molecule has 0 fully saturated rings. The van der Waals surface area contributed by atoms with Crippen molar-refractivity contribution >= 4 is 107 Å². The van der Waals surface area contributed by atoms with Gasteiger partial charge in [-0.15, -0.1) is 22.7 Å². The Balaban J connectivity index is 0.000000169. The second kappa shape index (κ2) is 22.2. The Labute approximate surface area is 442 Å². The van der Waals surface area contributed by atoms with Crippen molar-refractivity contribution in [1.29, 1.82) is 0 Å². The molecule has 0 amide bonds. The molecule has 6 aromatic heterocycles.